The van der Waals surface area contributed by atoms with Crippen LogP contribution in [-0.4, -0.2) is 23.7 Å². The number of alkyl halides is 3. The second kappa shape index (κ2) is 6.18. The Balaban J connectivity index is 2.77. The highest BCUT2D eigenvalue weighted by Gasteiger charge is 2.38. The summed E-state index contributed by atoms with van der Waals surface area (Å²) in [6, 6.07) is 5.58. The number of nitrogens with zero attached hydrogens (tertiary/aromatic N) is 1. The van der Waals surface area contributed by atoms with Crippen molar-refractivity contribution in [3.63, 3.8) is 0 Å². The van der Waals surface area contributed by atoms with Crippen LogP contribution < -0.4 is 10.7 Å². The van der Waals surface area contributed by atoms with Gasteiger partial charge in [-0.1, -0.05) is 12.1 Å². The first-order valence-electron chi connectivity index (χ1n) is 5.49. The van der Waals surface area contributed by atoms with E-state index in [1.54, 1.807) is 12.2 Å². The van der Waals surface area contributed by atoms with Crippen molar-refractivity contribution in [1.29, 1.82) is 0 Å². The maximum absolute atomic E-state index is 12.0. The van der Waals surface area contributed by atoms with E-state index in [-0.39, 0.29) is 11.6 Å². The molecule has 0 aliphatic carbocycles. The first-order valence-corrected chi connectivity index (χ1v) is 5.49. The summed E-state index contributed by atoms with van der Waals surface area (Å²) in [5, 5.41) is 5.50. The summed E-state index contributed by atoms with van der Waals surface area (Å²) in [5.74, 6) is -2.37. The Bertz CT molecular complexity index is 536. The summed E-state index contributed by atoms with van der Waals surface area (Å²) in [7, 11) is 0. The third-order valence-corrected chi connectivity index (χ3v) is 2.20. The largest absolute Gasteiger partial charge is 0.471 e. The molecule has 0 radical (unpaired) electrons. The van der Waals surface area contributed by atoms with Crippen LogP contribution in [0.15, 0.2) is 29.4 Å². The molecule has 0 aromatic heterocycles. The molecular weight excluding hydrogens is 275 g/mol. The molecule has 0 aliphatic heterocycles. The van der Waals surface area contributed by atoms with E-state index in [9.17, 15) is 22.8 Å². The summed E-state index contributed by atoms with van der Waals surface area (Å²) in [6.45, 7) is 2.92. The maximum Gasteiger partial charge on any atom is 0.471 e. The minimum absolute atomic E-state index is 0.0170. The normalized spacial score (nSPS) is 11.9. The lowest BCUT2D eigenvalue weighted by molar-refractivity contribution is -0.167. The third-order valence-electron chi connectivity index (χ3n) is 2.20. The Morgan fingerprint density at radius 3 is 2.10 bits per heavy atom. The number of amides is 2. The van der Waals surface area contributed by atoms with Gasteiger partial charge in [-0.05, 0) is 24.6 Å². The van der Waals surface area contributed by atoms with Crippen LogP contribution in [0.1, 0.15) is 19.4 Å². The van der Waals surface area contributed by atoms with Gasteiger partial charge in [0.15, 0.2) is 0 Å². The van der Waals surface area contributed by atoms with Gasteiger partial charge in [-0.2, -0.15) is 18.3 Å². The van der Waals surface area contributed by atoms with Crippen molar-refractivity contribution in [3.8, 4) is 0 Å². The van der Waals surface area contributed by atoms with Crippen molar-refractivity contribution in [2.24, 2.45) is 5.10 Å². The molecule has 0 fully saturated rings. The van der Waals surface area contributed by atoms with Gasteiger partial charge in [-0.15, -0.1) is 0 Å². The number of rotatable bonds is 3. The molecular formula is C12H12F3N3O2. The number of hydrogen-bond acceptors (Lipinski definition) is 3. The van der Waals surface area contributed by atoms with Gasteiger partial charge < -0.3 is 5.32 Å². The highest BCUT2D eigenvalue weighted by atomic mass is 19.4. The molecule has 0 bridgehead atoms. The molecule has 8 heteroatoms. The maximum atomic E-state index is 12.0. The van der Waals surface area contributed by atoms with Crippen LogP contribution >= 0.6 is 0 Å². The molecule has 0 heterocycles. The SMILES string of the molecule is CC(=O)N/N=C(\C)c1ccc(NC(=O)C(F)(F)F)cc1. The lowest BCUT2D eigenvalue weighted by Crippen LogP contribution is -2.29. The smallest absolute Gasteiger partial charge is 0.318 e. The molecule has 5 nitrogen and oxygen atoms in total. The first-order chi connectivity index (χ1) is 9.20. The van der Waals surface area contributed by atoms with Crippen LogP contribution in [0.4, 0.5) is 18.9 Å². The number of carbonyl (C=O) groups excluding carboxylic acids is 2. The van der Waals surface area contributed by atoms with E-state index in [0.29, 0.717) is 11.3 Å². The predicted octanol–water partition coefficient (Wildman–Crippen LogP) is 2.05. The van der Waals surface area contributed by atoms with Gasteiger partial charge in [-0.3, -0.25) is 9.59 Å². The first kappa shape index (κ1) is 15.7. The quantitative estimate of drug-likeness (QED) is 0.659. The van der Waals surface area contributed by atoms with Crippen molar-refractivity contribution in [2.75, 3.05) is 5.32 Å². The second-order valence-electron chi connectivity index (χ2n) is 3.89. The lowest BCUT2D eigenvalue weighted by atomic mass is 10.1. The van der Waals surface area contributed by atoms with Gasteiger partial charge in [0, 0.05) is 12.6 Å². The Morgan fingerprint density at radius 2 is 1.65 bits per heavy atom. The summed E-state index contributed by atoms with van der Waals surface area (Å²) in [5.41, 5.74) is 3.34. The number of benzene rings is 1. The van der Waals surface area contributed by atoms with Crippen molar-refractivity contribution in [1.82, 2.24) is 5.43 Å². The molecule has 0 unspecified atom stereocenters. The monoisotopic (exact) mass is 287 g/mol. The molecule has 20 heavy (non-hydrogen) atoms. The third kappa shape index (κ3) is 4.71. The standard InChI is InChI=1S/C12H12F3N3O2/c1-7(17-18-8(2)19)9-3-5-10(6-4-9)16-11(20)12(13,14)15/h3-6H,1-2H3,(H,16,20)(H,18,19)/b17-7+. The number of anilines is 1. The molecule has 0 saturated heterocycles. The fourth-order valence-electron chi connectivity index (χ4n) is 1.22. The van der Waals surface area contributed by atoms with E-state index in [2.05, 4.69) is 10.5 Å². The predicted molar refractivity (Wildman–Crippen MR) is 67.2 cm³/mol. The Hall–Kier alpha value is -2.38. The molecule has 1 rings (SSSR count). The van der Waals surface area contributed by atoms with E-state index in [1.807, 2.05) is 0 Å². The zero-order chi connectivity index (χ0) is 15.3. The number of nitrogens with one attached hydrogen (secondary N) is 2. The highest BCUT2D eigenvalue weighted by molar-refractivity contribution is 6.00. The Morgan fingerprint density at radius 1 is 1.10 bits per heavy atom. The molecule has 1 aromatic carbocycles. The highest BCUT2D eigenvalue weighted by Crippen LogP contribution is 2.18. The zero-order valence-electron chi connectivity index (χ0n) is 10.7. The van der Waals surface area contributed by atoms with Crippen LogP contribution in [0.3, 0.4) is 0 Å². The fourth-order valence-corrected chi connectivity index (χ4v) is 1.22. The number of carbonyl (C=O) groups is 2. The average molecular weight is 287 g/mol. The van der Waals surface area contributed by atoms with E-state index in [1.165, 1.54) is 31.2 Å². The lowest BCUT2D eigenvalue weighted by Gasteiger charge is -2.08. The van der Waals surface area contributed by atoms with Crippen LogP contribution in [0.2, 0.25) is 0 Å². The van der Waals surface area contributed by atoms with Gasteiger partial charge in [-0.25, -0.2) is 5.43 Å². The van der Waals surface area contributed by atoms with Crippen molar-refractivity contribution in [3.05, 3.63) is 29.8 Å². The number of halogens is 3. The molecule has 0 spiro atoms. The van der Waals surface area contributed by atoms with Crippen molar-refractivity contribution >= 4 is 23.2 Å². The second-order valence-corrected chi connectivity index (χ2v) is 3.89. The van der Waals surface area contributed by atoms with Crippen molar-refractivity contribution in [2.45, 2.75) is 20.0 Å². The van der Waals surface area contributed by atoms with E-state index in [4.69, 9.17) is 0 Å². The van der Waals surface area contributed by atoms with Crippen molar-refractivity contribution < 1.29 is 22.8 Å². The molecule has 0 aliphatic rings. The van der Waals surface area contributed by atoms with Gasteiger partial charge in [0.25, 0.3) is 0 Å². The van der Waals surface area contributed by atoms with E-state index >= 15 is 0 Å². The Kier molecular flexibility index (Phi) is 4.84. The molecule has 0 atom stereocenters. The molecule has 0 saturated carbocycles. The molecule has 2 N–H and O–H groups in total. The van der Waals surface area contributed by atoms with E-state index in [0.717, 1.165) is 0 Å². The molecule has 108 valence electrons. The number of hydrazone groups is 1. The van der Waals surface area contributed by atoms with E-state index < -0.39 is 12.1 Å². The summed E-state index contributed by atoms with van der Waals surface area (Å²) < 4.78 is 36.1. The fraction of sp³-hybridized carbons (Fsp3) is 0.250. The number of hydrogen-bond donors (Lipinski definition) is 2. The minimum atomic E-state index is -4.93. The topological polar surface area (TPSA) is 70.6 Å². The van der Waals surface area contributed by atoms with Gasteiger partial charge in [0.1, 0.15) is 0 Å². The molecule has 1 aromatic rings. The van der Waals surface area contributed by atoms with Crippen LogP contribution in [0.5, 0.6) is 0 Å². The average Bonchev–Trinajstić information content (AvgIpc) is 2.35. The minimum Gasteiger partial charge on any atom is -0.318 e. The zero-order valence-corrected chi connectivity index (χ0v) is 10.7. The summed E-state index contributed by atoms with van der Waals surface area (Å²) in [4.78, 5) is 21.4. The van der Waals surface area contributed by atoms with Crippen LogP contribution in [0, 0.1) is 0 Å². The van der Waals surface area contributed by atoms with Crippen LogP contribution in [-0.2, 0) is 9.59 Å². The van der Waals surface area contributed by atoms with Gasteiger partial charge in [0.05, 0.1) is 5.71 Å². The van der Waals surface area contributed by atoms with Gasteiger partial charge in [0.2, 0.25) is 5.91 Å². The molecule has 2 amide bonds. The van der Waals surface area contributed by atoms with Crippen LogP contribution in [0.25, 0.3) is 0 Å². The summed E-state index contributed by atoms with van der Waals surface area (Å²) in [6.07, 6.45) is -4.93. The Labute approximate surface area is 112 Å². The summed E-state index contributed by atoms with van der Waals surface area (Å²) >= 11 is 0. The van der Waals surface area contributed by atoms with Gasteiger partial charge >= 0.3 is 12.1 Å².